The topological polar surface area (TPSA) is 20.3 Å². The Hall–Kier alpha value is -1.04. The normalized spacial score (nSPS) is 10.4. The van der Waals surface area contributed by atoms with Crippen molar-refractivity contribution < 1.29 is 4.79 Å². The number of amides is 1. The fourth-order valence-electron chi connectivity index (χ4n) is 1.57. The van der Waals surface area contributed by atoms with Crippen LogP contribution in [0.3, 0.4) is 0 Å². The number of nitrogens with zero attached hydrogens (tertiary/aromatic N) is 1. The van der Waals surface area contributed by atoms with E-state index in [9.17, 15) is 4.79 Å². The Morgan fingerprint density at radius 3 is 2.14 bits per heavy atom. The molecule has 0 unspecified atom stereocenters. The van der Waals surface area contributed by atoms with Crippen molar-refractivity contribution in [1.29, 1.82) is 0 Å². The summed E-state index contributed by atoms with van der Waals surface area (Å²) in [5.74, 6) is 0. The molecule has 2 rings (SSSR count). The van der Waals surface area contributed by atoms with Crippen LogP contribution in [0.25, 0.3) is 0 Å². The zero-order valence-electron chi connectivity index (χ0n) is 12.2. The molecule has 0 atom stereocenters. The standard InChI is InChI=1S/C16H17NOS3/c1-17(2)16(18)21-13-9-7-12(8-10-13)20-15-6-4-5-14(11-15)19-3/h4-11H,1-3H3. The maximum atomic E-state index is 11.6. The molecule has 0 spiro atoms. The van der Waals surface area contributed by atoms with Gasteiger partial charge in [-0.15, -0.1) is 11.8 Å². The second-order valence-corrected chi connectivity index (χ2v) is 7.57. The number of rotatable bonds is 4. The second-order valence-electron chi connectivity index (χ2n) is 4.51. The van der Waals surface area contributed by atoms with Crippen LogP contribution in [0.5, 0.6) is 0 Å². The van der Waals surface area contributed by atoms with Crippen LogP contribution in [0.1, 0.15) is 0 Å². The average molecular weight is 336 g/mol. The molecule has 0 N–H and O–H groups in total. The Morgan fingerprint density at radius 2 is 1.52 bits per heavy atom. The molecule has 110 valence electrons. The minimum Gasteiger partial charge on any atom is -0.339 e. The SMILES string of the molecule is CSc1cccc(Sc2ccc(SC(=O)N(C)C)cc2)c1. The van der Waals surface area contributed by atoms with Crippen molar-refractivity contribution in [3.05, 3.63) is 48.5 Å². The molecule has 0 fully saturated rings. The Labute approximate surface area is 138 Å². The lowest BCUT2D eigenvalue weighted by molar-refractivity contribution is 0.241. The van der Waals surface area contributed by atoms with E-state index in [-0.39, 0.29) is 5.24 Å². The van der Waals surface area contributed by atoms with Crippen molar-refractivity contribution in [2.24, 2.45) is 0 Å². The molecule has 2 aromatic carbocycles. The maximum Gasteiger partial charge on any atom is 0.285 e. The molecule has 0 saturated carbocycles. The number of benzene rings is 2. The van der Waals surface area contributed by atoms with Crippen LogP contribution in [0.2, 0.25) is 0 Å². The van der Waals surface area contributed by atoms with E-state index in [2.05, 4.69) is 42.7 Å². The Morgan fingerprint density at radius 1 is 0.905 bits per heavy atom. The summed E-state index contributed by atoms with van der Waals surface area (Å²) in [4.78, 5) is 17.9. The summed E-state index contributed by atoms with van der Waals surface area (Å²) in [6, 6.07) is 16.6. The molecule has 0 radical (unpaired) electrons. The van der Waals surface area contributed by atoms with Crippen molar-refractivity contribution in [1.82, 2.24) is 4.90 Å². The highest BCUT2D eigenvalue weighted by atomic mass is 32.2. The number of hydrogen-bond donors (Lipinski definition) is 0. The third-order valence-electron chi connectivity index (χ3n) is 2.67. The smallest absolute Gasteiger partial charge is 0.285 e. The van der Waals surface area contributed by atoms with E-state index in [4.69, 9.17) is 0 Å². The largest absolute Gasteiger partial charge is 0.339 e. The van der Waals surface area contributed by atoms with Gasteiger partial charge in [0.05, 0.1) is 0 Å². The van der Waals surface area contributed by atoms with Gasteiger partial charge in [-0.1, -0.05) is 17.8 Å². The highest BCUT2D eigenvalue weighted by molar-refractivity contribution is 8.13. The third kappa shape index (κ3) is 5.02. The van der Waals surface area contributed by atoms with Crippen LogP contribution in [0.4, 0.5) is 4.79 Å². The molecule has 0 aliphatic heterocycles. The molecule has 21 heavy (non-hydrogen) atoms. The first-order chi connectivity index (χ1) is 10.1. The predicted molar refractivity (Wildman–Crippen MR) is 93.7 cm³/mol. The Kier molecular flexibility index (Phi) is 6.08. The van der Waals surface area contributed by atoms with Crippen molar-refractivity contribution in [3.8, 4) is 0 Å². The monoisotopic (exact) mass is 335 g/mol. The van der Waals surface area contributed by atoms with Gasteiger partial charge >= 0.3 is 0 Å². The van der Waals surface area contributed by atoms with E-state index in [1.54, 1.807) is 42.5 Å². The zero-order valence-corrected chi connectivity index (χ0v) is 14.6. The lowest BCUT2D eigenvalue weighted by atomic mass is 10.4. The van der Waals surface area contributed by atoms with Crippen LogP contribution in [0.15, 0.2) is 68.1 Å². The molecule has 0 saturated heterocycles. The molecule has 1 amide bonds. The van der Waals surface area contributed by atoms with E-state index >= 15 is 0 Å². The van der Waals surface area contributed by atoms with Crippen molar-refractivity contribution in [3.63, 3.8) is 0 Å². The number of hydrogen-bond acceptors (Lipinski definition) is 4. The molecular weight excluding hydrogens is 318 g/mol. The quantitative estimate of drug-likeness (QED) is 0.703. The van der Waals surface area contributed by atoms with E-state index in [0.29, 0.717) is 0 Å². The summed E-state index contributed by atoms with van der Waals surface area (Å²) < 4.78 is 0. The second kappa shape index (κ2) is 7.82. The van der Waals surface area contributed by atoms with Crippen LogP contribution >= 0.6 is 35.3 Å². The highest BCUT2D eigenvalue weighted by Gasteiger charge is 2.06. The average Bonchev–Trinajstić information content (AvgIpc) is 2.49. The number of carbonyl (C=O) groups is 1. The Balaban J connectivity index is 2.03. The van der Waals surface area contributed by atoms with Gasteiger partial charge in [0.1, 0.15) is 0 Å². The van der Waals surface area contributed by atoms with Gasteiger partial charge in [-0.2, -0.15) is 0 Å². The molecule has 0 bridgehead atoms. The summed E-state index contributed by atoms with van der Waals surface area (Å²) in [5.41, 5.74) is 0. The molecule has 0 aliphatic carbocycles. The van der Waals surface area contributed by atoms with Crippen molar-refractivity contribution in [2.45, 2.75) is 19.6 Å². The minimum absolute atomic E-state index is 0.0445. The van der Waals surface area contributed by atoms with E-state index in [1.165, 1.54) is 26.4 Å². The van der Waals surface area contributed by atoms with Gasteiger partial charge < -0.3 is 4.90 Å². The van der Waals surface area contributed by atoms with Crippen LogP contribution in [-0.4, -0.2) is 30.5 Å². The summed E-state index contributed by atoms with van der Waals surface area (Å²) in [5, 5.41) is 0.0445. The lowest BCUT2D eigenvalue weighted by Gasteiger charge is -2.09. The summed E-state index contributed by atoms with van der Waals surface area (Å²) in [6.07, 6.45) is 2.08. The van der Waals surface area contributed by atoms with Crippen LogP contribution < -0.4 is 0 Å². The number of thioether (sulfide) groups is 2. The molecule has 0 aliphatic rings. The summed E-state index contributed by atoms with van der Waals surface area (Å²) in [6.45, 7) is 0. The minimum atomic E-state index is 0.0445. The third-order valence-corrected chi connectivity index (χ3v) is 5.44. The van der Waals surface area contributed by atoms with Gasteiger partial charge in [-0.25, -0.2) is 0 Å². The Bertz CT molecular complexity index is 611. The maximum absolute atomic E-state index is 11.6. The van der Waals surface area contributed by atoms with E-state index < -0.39 is 0 Å². The van der Waals surface area contributed by atoms with Crippen molar-refractivity contribution >= 4 is 40.5 Å². The van der Waals surface area contributed by atoms with Gasteiger partial charge in [0.15, 0.2) is 0 Å². The predicted octanol–water partition coefficient (Wildman–Crippen LogP) is 5.33. The first-order valence-corrected chi connectivity index (χ1v) is 9.25. The van der Waals surface area contributed by atoms with Gasteiger partial charge in [-0.3, -0.25) is 4.79 Å². The lowest BCUT2D eigenvalue weighted by Crippen LogP contribution is -2.15. The van der Waals surface area contributed by atoms with Gasteiger partial charge in [0.25, 0.3) is 5.24 Å². The summed E-state index contributed by atoms with van der Waals surface area (Å²) in [7, 11) is 3.52. The molecule has 0 aromatic heterocycles. The molecule has 5 heteroatoms. The zero-order chi connectivity index (χ0) is 15.2. The van der Waals surface area contributed by atoms with Gasteiger partial charge in [0.2, 0.25) is 0 Å². The van der Waals surface area contributed by atoms with E-state index in [0.717, 1.165) is 4.90 Å². The molecule has 2 nitrogen and oxygen atoms in total. The molecule has 0 heterocycles. The summed E-state index contributed by atoms with van der Waals surface area (Å²) >= 11 is 4.73. The first kappa shape index (κ1) is 16.3. The van der Waals surface area contributed by atoms with Crippen LogP contribution in [0, 0.1) is 0 Å². The van der Waals surface area contributed by atoms with Crippen molar-refractivity contribution in [2.75, 3.05) is 20.4 Å². The first-order valence-electron chi connectivity index (χ1n) is 6.39. The fraction of sp³-hybridized carbons (Fsp3) is 0.188. The van der Waals surface area contributed by atoms with Gasteiger partial charge in [0, 0.05) is 33.7 Å². The van der Waals surface area contributed by atoms with E-state index in [1.807, 2.05) is 12.1 Å². The highest BCUT2D eigenvalue weighted by Crippen LogP contribution is 2.31. The van der Waals surface area contributed by atoms with Gasteiger partial charge in [-0.05, 0) is 60.5 Å². The molecule has 2 aromatic rings. The molecular formula is C16H17NOS3. The fourth-order valence-corrected chi connectivity index (χ4v) is 3.64. The number of carbonyl (C=O) groups excluding carboxylic acids is 1. The van der Waals surface area contributed by atoms with Crippen LogP contribution in [-0.2, 0) is 0 Å².